The van der Waals surface area contributed by atoms with Gasteiger partial charge in [-0.05, 0) is 36.5 Å². The third-order valence-electron chi connectivity index (χ3n) is 2.99. The largest absolute Gasteiger partial charge is 0.324 e. The lowest BCUT2D eigenvalue weighted by Crippen LogP contribution is -2.26. The fourth-order valence-electron chi connectivity index (χ4n) is 1.79. The molecule has 3 heteroatoms. The molecule has 1 atom stereocenters. The molecular weight excluding hydrogens is 201 g/mol. The zero-order valence-corrected chi connectivity index (χ0v) is 8.60. The Bertz CT molecular complexity index is 336. The first-order valence-corrected chi connectivity index (χ1v) is 5.27. The molecule has 0 bridgehead atoms. The van der Waals surface area contributed by atoms with Crippen molar-refractivity contribution in [3.63, 3.8) is 0 Å². The predicted molar refractivity (Wildman–Crippen MR) is 55.7 cm³/mol. The zero-order chi connectivity index (χ0) is 10.1. The van der Waals surface area contributed by atoms with Crippen LogP contribution in [0.2, 0.25) is 5.02 Å². The Balaban J connectivity index is 2.18. The smallest absolute Gasteiger partial charge is 0.141 e. The van der Waals surface area contributed by atoms with Gasteiger partial charge in [-0.25, -0.2) is 4.39 Å². The molecule has 1 aliphatic carbocycles. The highest BCUT2D eigenvalue weighted by Crippen LogP contribution is 2.36. The Labute approximate surface area is 88.1 Å². The number of halogens is 2. The van der Waals surface area contributed by atoms with Crippen LogP contribution < -0.4 is 5.73 Å². The molecule has 1 fully saturated rings. The lowest BCUT2D eigenvalue weighted by atomic mass is 9.78. The first-order valence-electron chi connectivity index (χ1n) is 4.89. The standard InChI is InChI=1S/C11H13ClFN/c12-9-6-8(4-5-10(9)13)11(14)7-2-1-3-7/h4-7,11H,1-3,14H2/t11-/m1/s1. The SMILES string of the molecule is N[C@@H](c1ccc(F)c(Cl)c1)C1CCC1. The second-order valence-corrected chi connectivity index (χ2v) is 4.30. The number of rotatable bonds is 2. The molecule has 0 aromatic heterocycles. The average Bonchev–Trinajstić information content (AvgIpc) is 2.06. The van der Waals surface area contributed by atoms with E-state index in [1.165, 1.54) is 25.3 Å². The highest BCUT2D eigenvalue weighted by atomic mass is 35.5. The summed E-state index contributed by atoms with van der Waals surface area (Å²) >= 11 is 5.69. The van der Waals surface area contributed by atoms with Crippen molar-refractivity contribution in [3.05, 3.63) is 34.6 Å². The van der Waals surface area contributed by atoms with Gasteiger partial charge in [0, 0.05) is 6.04 Å². The van der Waals surface area contributed by atoms with Crippen LogP contribution in [0, 0.1) is 11.7 Å². The van der Waals surface area contributed by atoms with Gasteiger partial charge in [-0.1, -0.05) is 24.1 Å². The van der Waals surface area contributed by atoms with Crippen molar-refractivity contribution in [1.82, 2.24) is 0 Å². The lowest BCUT2D eigenvalue weighted by molar-refractivity contribution is 0.264. The Morgan fingerprint density at radius 1 is 1.43 bits per heavy atom. The summed E-state index contributed by atoms with van der Waals surface area (Å²) in [6.07, 6.45) is 3.61. The molecule has 0 heterocycles. The highest BCUT2D eigenvalue weighted by molar-refractivity contribution is 6.30. The molecule has 1 aromatic rings. The molecule has 0 radical (unpaired) electrons. The summed E-state index contributed by atoms with van der Waals surface area (Å²) in [4.78, 5) is 0. The van der Waals surface area contributed by atoms with E-state index >= 15 is 0 Å². The lowest BCUT2D eigenvalue weighted by Gasteiger charge is -2.31. The van der Waals surface area contributed by atoms with Crippen LogP contribution in [0.1, 0.15) is 30.9 Å². The van der Waals surface area contributed by atoms with E-state index in [0.29, 0.717) is 5.92 Å². The second kappa shape index (κ2) is 3.87. The Morgan fingerprint density at radius 3 is 2.64 bits per heavy atom. The van der Waals surface area contributed by atoms with Gasteiger partial charge in [-0.3, -0.25) is 0 Å². The molecule has 1 aromatic carbocycles. The van der Waals surface area contributed by atoms with Gasteiger partial charge in [0.15, 0.2) is 0 Å². The normalized spacial score (nSPS) is 19.1. The van der Waals surface area contributed by atoms with E-state index in [1.807, 2.05) is 0 Å². The van der Waals surface area contributed by atoms with Gasteiger partial charge in [0.05, 0.1) is 5.02 Å². The van der Waals surface area contributed by atoms with Crippen molar-refractivity contribution >= 4 is 11.6 Å². The highest BCUT2D eigenvalue weighted by Gasteiger charge is 2.25. The maximum Gasteiger partial charge on any atom is 0.141 e. The summed E-state index contributed by atoms with van der Waals surface area (Å²) in [5, 5.41) is 0.164. The molecule has 1 nitrogen and oxygen atoms in total. The number of benzene rings is 1. The minimum absolute atomic E-state index is 0.0156. The van der Waals surface area contributed by atoms with E-state index in [9.17, 15) is 4.39 Å². The molecule has 0 saturated heterocycles. The van der Waals surface area contributed by atoms with Crippen LogP contribution in [0.4, 0.5) is 4.39 Å². The van der Waals surface area contributed by atoms with Gasteiger partial charge >= 0.3 is 0 Å². The fraction of sp³-hybridized carbons (Fsp3) is 0.455. The van der Waals surface area contributed by atoms with E-state index < -0.39 is 0 Å². The number of nitrogens with two attached hydrogens (primary N) is 1. The second-order valence-electron chi connectivity index (χ2n) is 3.89. The van der Waals surface area contributed by atoms with Crippen LogP contribution in [0.25, 0.3) is 0 Å². The molecule has 0 amide bonds. The maximum absolute atomic E-state index is 12.9. The molecule has 76 valence electrons. The van der Waals surface area contributed by atoms with Crippen molar-refractivity contribution in [1.29, 1.82) is 0 Å². The Hall–Kier alpha value is -0.600. The minimum atomic E-state index is -0.378. The summed E-state index contributed by atoms with van der Waals surface area (Å²) < 4.78 is 12.9. The molecule has 1 aliphatic rings. The van der Waals surface area contributed by atoms with Crippen LogP contribution in [0.5, 0.6) is 0 Å². The van der Waals surface area contributed by atoms with E-state index in [-0.39, 0.29) is 16.9 Å². The summed E-state index contributed by atoms with van der Waals surface area (Å²) in [6, 6.07) is 4.77. The van der Waals surface area contributed by atoms with Crippen LogP contribution in [0.3, 0.4) is 0 Å². The van der Waals surface area contributed by atoms with Crippen molar-refractivity contribution < 1.29 is 4.39 Å². The summed E-state index contributed by atoms with van der Waals surface area (Å²) in [6.45, 7) is 0. The van der Waals surface area contributed by atoms with Crippen molar-refractivity contribution in [3.8, 4) is 0 Å². The topological polar surface area (TPSA) is 26.0 Å². The number of hydrogen-bond acceptors (Lipinski definition) is 1. The van der Waals surface area contributed by atoms with Gasteiger partial charge in [-0.2, -0.15) is 0 Å². The van der Waals surface area contributed by atoms with Crippen LogP contribution >= 0.6 is 11.6 Å². The fourth-order valence-corrected chi connectivity index (χ4v) is 1.98. The zero-order valence-electron chi connectivity index (χ0n) is 7.84. The average molecular weight is 214 g/mol. The number of hydrogen-bond donors (Lipinski definition) is 1. The monoisotopic (exact) mass is 213 g/mol. The summed E-state index contributed by atoms with van der Waals surface area (Å²) in [7, 11) is 0. The molecule has 2 N–H and O–H groups in total. The quantitative estimate of drug-likeness (QED) is 0.802. The van der Waals surface area contributed by atoms with Crippen molar-refractivity contribution in [2.75, 3.05) is 0 Å². The Kier molecular flexibility index (Phi) is 2.75. The minimum Gasteiger partial charge on any atom is -0.324 e. The third-order valence-corrected chi connectivity index (χ3v) is 3.28. The van der Waals surface area contributed by atoms with Gasteiger partial charge in [0.25, 0.3) is 0 Å². The molecular formula is C11H13ClFN. The van der Waals surface area contributed by atoms with Crippen molar-refractivity contribution in [2.24, 2.45) is 11.7 Å². The predicted octanol–water partition coefficient (Wildman–Crippen LogP) is 3.28. The summed E-state index contributed by atoms with van der Waals surface area (Å²) in [5.41, 5.74) is 6.98. The van der Waals surface area contributed by atoms with Crippen molar-refractivity contribution in [2.45, 2.75) is 25.3 Å². The molecule has 0 unspecified atom stereocenters. The first kappa shape index (κ1) is 9.94. The van der Waals surface area contributed by atoms with E-state index in [1.54, 1.807) is 12.1 Å². The summed E-state index contributed by atoms with van der Waals surface area (Å²) in [5.74, 6) is 0.174. The van der Waals surface area contributed by atoms with Gasteiger partial charge in [-0.15, -0.1) is 0 Å². The first-order chi connectivity index (χ1) is 6.68. The molecule has 1 saturated carbocycles. The molecule has 14 heavy (non-hydrogen) atoms. The maximum atomic E-state index is 12.9. The van der Waals surface area contributed by atoms with Gasteiger partial charge in [0.2, 0.25) is 0 Å². The van der Waals surface area contributed by atoms with Crippen LogP contribution in [-0.2, 0) is 0 Å². The van der Waals surface area contributed by atoms with Crippen LogP contribution in [0.15, 0.2) is 18.2 Å². The van der Waals surface area contributed by atoms with E-state index in [2.05, 4.69) is 0 Å². The molecule has 0 aliphatic heterocycles. The van der Waals surface area contributed by atoms with E-state index in [4.69, 9.17) is 17.3 Å². The van der Waals surface area contributed by atoms with Gasteiger partial charge in [0.1, 0.15) is 5.82 Å². The molecule has 2 rings (SSSR count). The van der Waals surface area contributed by atoms with E-state index in [0.717, 1.165) is 5.56 Å². The third kappa shape index (κ3) is 1.77. The van der Waals surface area contributed by atoms with Gasteiger partial charge < -0.3 is 5.73 Å². The molecule has 0 spiro atoms. The van der Waals surface area contributed by atoms with Crippen LogP contribution in [-0.4, -0.2) is 0 Å². The Morgan fingerprint density at radius 2 is 2.14 bits per heavy atom.